The van der Waals surface area contributed by atoms with E-state index in [-0.39, 0.29) is 27.5 Å². The number of hydrogen-bond donors (Lipinski definition) is 2. The zero-order valence-electron chi connectivity index (χ0n) is 16.7. The summed E-state index contributed by atoms with van der Waals surface area (Å²) in [5, 5.41) is 15.9. The first-order chi connectivity index (χ1) is 15.9. The maximum atomic E-state index is 12.8. The predicted octanol–water partition coefficient (Wildman–Crippen LogP) is 5.06. The lowest BCUT2D eigenvalue weighted by molar-refractivity contribution is -0.384. The summed E-state index contributed by atoms with van der Waals surface area (Å²) in [6.45, 7) is 0. The maximum absolute atomic E-state index is 12.8. The summed E-state index contributed by atoms with van der Waals surface area (Å²) in [6, 6.07) is 11.1. The van der Waals surface area contributed by atoms with E-state index in [1.54, 1.807) is 0 Å². The van der Waals surface area contributed by atoms with Crippen molar-refractivity contribution in [1.29, 1.82) is 0 Å². The van der Waals surface area contributed by atoms with Crippen molar-refractivity contribution in [3.63, 3.8) is 0 Å². The lowest BCUT2D eigenvalue weighted by Crippen LogP contribution is -2.15. The van der Waals surface area contributed by atoms with E-state index >= 15 is 0 Å². The first-order valence-corrected chi connectivity index (χ1v) is 10.6. The Hall–Kier alpha value is -4.33. The molecule has 0 aliphatic rings. The standard InChI is InChI=1S/C20H13F3N4O6S/c21-20(22,23)13-2-1-3-15(10-13)26-34(32,33)18-6-4-14(5-7-18)24-19(28)12-8-16(25-29)11-17(9-12)27(30)31/h1-11,26H,(H,24,28). The zero-order valence-corrected chi connectivity index (χ0v) is 17.6. The Balaban J connectivity index is 1.77. The minimum atomic E-state index is -4.65. The molecule has 0 heterocycles. The molecule has 0 atom stereocenters. The maximum Gasteiger partial charge on any atom is 0.416 e. The molecule has 0 saturated heterocycles. The third kappa shape index (κ3) is 5.72. The zero-order chi connectivity index (χ0) is 25.1. The molecule has 1 amide bonds. The summed E-state index contributed by atoms with van der Waals surface area (Å²) in [5.41, 5.74) is -2.30. The van der Waals surface area contributed by atoms with Crippen molar-refractivity contribution in [2.45, 2.75) is 11.1 Å². The average molecular weight is 494 g/mol. The highest BCUT2D eigenvalue weighted by Crippen LogP contribution is 2.31. The molecule has 0 spiro atoms. The Kier molecular flexibility index (Phi) is 6.63. The van der Waals surface area contributed by atoms with Crippen LogP contribution in [-0.4, -0.2) is 19.2 Å². The van der Waals surface area contributed by atoms with Gasteiger partial charge >= 0.3 is 6.18 Å². The van der Waals surface area contributed by atoms with Gasteiger partial charge in [0.15, 0.2) is 0 Å². The van der Waals surface area contributed by atoms with Gasteiger partial charge in [-0.3, -0.25) is 19.6 Å². The van der Waals surface area contributed by atoms with Crippen LogP contribution in [0, 0.1) is 15.0 Å². The van der Waals surface area contributed by atoms with Crippen molar-refractivity contribution < 1.29 is 31.3 Å². The fourth-order valence-corrected chi connectivity index (χ4v) is 3.83. The molecular formula is C20H13F3N4O6S. The number of non-ortho nitro benzene ring substituents is 1. The van der Waals surface area contributed by atoms with E-state index in [0.717, 1.165) is 48.5 Å². The second-order valence-electron chi connectivity index (χ2n) is 6.75. The third-order valence-electron chi connectivity index (χ3n) is 4.35. The number of benzene rings is 3. The topological polar surface area (TPSA) is 148 Å². The lowest BCUT2D eigenvalue weighted by atomic mass is 10.1. The number of amides is 1. The van der Waals surface area contributed by atoms with Crippen LogP contribution < -0.4 is 10.0 Å². The molecule has 0 unspecified atom stereocenters. The Morgan fingerprint density at radius 1 is 0.971 bits per heavy atom. The molecule has 10 nitrogen and oxygen atoms in total. The van der Waals surface area contributed by atoms with Crippen LogP contribution in [0.2, 0.25) is 0 Å². The van der Waals surface area contributed by atoms with Gasteiger partial charge in [-0.15, -0.1) is 4.91 Å². The number of nitroso groups, excluding NO2 is 1. The highest BCUT2D eigenvalue weighted by molar-refractivity contribution is 7.92. The molecule has 0 saturated carbocycles. The van der Waals surface area contributed by atoms with Crippen LogP contribution in [0.4, 0.5) is 35.9 Å². The summed E-state index contributed by atoms with van der Waals surface area (Å²) >= 11 is 0. The monoisotopic (exact) mass is 494 g/mol. The molecule has 0 fully saturated rings. The summed E-state index contributed by atoms with van der Waals surface area (Å²) in [5.74, 6) is -0.828. The quantitative estimate of drug-likeness (QED) is 0.266. The van der Waals surface area contributed by atoms with E-state index in [0.29, 0.717) is 6.07 Å². The second kappa shape index (κ2) is 9.27. The largest absolute Gasteiger partial charge is 0.416 e. The Labute approximate surface area is 189 Å². The Morgan fingerprint density at radius 2 is 1.65 bits per heavy atom. The molecule has 14 heteroatoms. The molecule has 3 rings (SSSR count). The fraction of sp³-hybridized carbons (Fsp3) is 0.0500. The number of halogens is 3. The van der Waals surface area contributed by atoms with Gasteiger partial charge in [0.25, 0.3) is 21.6 Å². The number of alkyl halides is 3. The minimum Gasteiger partial charge on any atom is -0.322 e. The average Bonchev–Trinajstić information content (AvgIpc) is 2.78. The Morgan fingerprint density at radius 3 is 2.24 bits per heavy atom. The fourth-order valence-electron chi connectivity index (χ4n) is 2.78. The van der Waals surface area contributed by atoms with Gasteiger partial charge in [0.2, 0.25) is 0 Å². The summed E-state index contributed by atoms with van der Waals surface area (Å²) in [7, 11) is -4.25. The van der Waals surface area contributed by atoms with Crippen molar-refractivity contribution in [2.24, 2.45) is 5.18 Å². The molecule has 0 bridgehead atoms. The van der Waals surface area contributed by atoms with Gasteiger partial charge in [-0.25, -0.2) is 8.42 Å². The Bertz CT molecular complexity index is 1380. The van der Waals surface area contributed by atoms with E-state index in [9.17, 15) is 41.4 Å². The summed E-state index contributed by atoms with van der Waals surface area (Å²) < 4.78 is 65.6. The number of carbonyl (C=O) groups is 1. The molecule has 0 aromatic heterocycles. The third-order valence-corrected chi connectivity index (χ3v) is 5.74. The number of nitro groups is 1. The number of rotatable bonds is 7. The van der Waals surface area contributed by atoms with Crippen molar-refractivity contribution in [3.05, 3.63) is 92.9 Å². The first-order valence-electron chi connectivity index (χ1n) is 9.13. The predicted molar refractivity (Wildman–Crippen MR) is 115 cm³/mol. The van der Waals surface area contributed by atoms with Crippen molar-refractivity contribution in [3.8, 4) is 0 Å². The van der Waals surface area contributed by atoms with Crippen LogP contribution in [0.3, 0.4) is 0 Å². The highest BCUT2D eigenvalue weighted by Gasteiger charge is 2.30. The van der Waals surface area contributed by atoms with Crippen LogP contribution in [0.1, 0.15) is 15.9 Å². The normalized spacial score (nSPS) is 11.5. The van der Waals surface area contributed by atoms with Crippen LogP contribution >= 0.6 is 0 Å². The van der Waals surface area contributed by atoms with Gasteiger partial charge in [-0.2, -0.15) is 13.2 Å². The van der Waals surface area contributed by atoms with Gasteiger partial charge in [0, 0.05) is 29.1 Å². The number of hydrogen-bond acceptors (Lipinski definition) is 7. The second-order valence-corrected chi connectivity index (χ2v) is 8.43. The van der Waals surface area contributed by atoms with E-state index in [2.05, 4.69) is 10.5 Å². The van der Waals surface area contributed by atoms with Crippen LogP contribution in [0.25, 0.3) is 0 Å². The summed E-state index contributed by atoms with van der Waals surface area (Å²) in [4.78, 5) is 33.0. The number of carbonyl (C=O) groups excluding carboxylic acids is 1. The van der Waals surface area contributed by atoms with Crippen molar-refractivity contribution in [2.75, 3.05) is 10.0 Å². The van der Waals surface area contributed by atoms with Gasteiger partial charge in [-0.05, 0) is 53.7 Å². The molecule has 3 aromatic carbocycles. The van der Waals surface area contributed by atoms with E-state index in [1.165, 1.54) is 12.1 Å². The highest BCUT2D eigenvalue weighted by atomic mass is 32.2. The van der Waals surface area contributed by atoms with Gasteiger partial charge in [0.1, 0.15) is 5.69 Å². The molecule has 0 aliphatic heterocycles. The van der Waals surface area contributed by atoms with Crippen molar-refractivity contribution >= 4 is 38.7 Å². The number of nitro benzene ring substituents is 1. The lowest BCUT2D eigenvalue weighted by Gasteiger charge is -2.12. The number of nitrogens with zero attached hydrogens (tertiary/aromatic N) is 2. The van der Waals surface area contributed by atoms with Gasteiger partial charge in [0.05, 0.1) is 15.4 Å². The van der Waals surface area contributed by atoms with E-state index in [4.69, 9.17) is 0 Å². The molecule has 3 aromatic rings. The molecular weight excluding hydrogens is 481 g/mol. The molecule has 176 valence electrons. The first kappa shape index (κ1) is 24.3. The van der Waals surface area contributed by atoms with Crippen molar-refractivity contribution in [1.82, 2.24) is 0 Å². The molecule has 34 heavy (non-hydrogen) atoms. The van der Waals surface area contributed by atoms with Gasteiger partial charge < -0.3 is 5.32 Å². The molecule has 0 aliphatic carbocycles. The van der Waals surface area contributed by atoms with Gasteiger partial charge in [-0.1, -0.05) is 6.07 Å². The number of anilines is 2. The molecule has 0 radical (unpaired) electrons. The van der Waals surface area contributed by atoms with Crippen LogP contribution in [-0.2, 0) is 16.2 Å². The molecule has 2 N–H and O–H groups in total. The smallest absolute Gasteiger partial charge is 0.322 e. The van der Waals surface area contributed by atoms with Crippen LogP contribution in [0.15, 0.2) is 76.8 Å². The van der Waals surface area contributed by atoms with E-state index < -0.39 is 38.3 Å². The van der Waals surface area contributed by atoms with E-state index in [1.807, 2.05) is 4.72 Å². The SMILES string of the molecule is O=Nc1cc(C(=O)Nc2ccc(S(=O)(=O)Nc3cccc(C(F)(F)F)c3)cc2)cc([N+](=O)[O-])c1. The number of sulfonamides is 1. The number of nitrogens with one attached hydrogen (secondary N) is 2. The summed E-state index contributed by atoms with van der Waals surface area (Å²) in [6.07, 6.45) is -4.65. The minimum absolute atomic E-state index is 0.107. The van der Waals surface area contributed by atoms with Crippen LogP contribution in [0.5, 0.6) is 0 Å².